The topological polar surface area (TPSA) is 151 Å². The second-order valence-corrected chi connectivity index (χ2v) is 3.88. The van der Waals surface area contributed by atoms with Crippen molar-refractivity contribution in [2.75, 3.05) is 0 Å². The summed E-state index contributed by atoms with van der Waals surface area (Å²) in [5, 5.41) is 18.1. The van der Waals surface area contributed by atoms with Gasteiger partial charge in [0.15, 0.2) is 6.29 Å². The van der Waals surface area contributed by atoms with Crippen molar-refractivity contribution in [3.63, 3.8) is 0 Å². The van der Waals surface area contributed by atoms with Crippen LogP contribution in [0.3, 0.4) is 0 Å². The number of hydrogen-bond donors (Lipinski definition) is 4. The molecule has 18 heavy (non-hydrogen) atoms. The first-order valence-corrected chi connectivity index (χ1v) is 5.73. The number of carbonyl (C=O) groups excluding carboxylic acids is 1. The second-order valence-electron chi connectivity index (χ2n) is 2.90. The number of aromatic nitrogens is 1. The molecule has 0 saturated carbocycles. The van der Waals surface area contributed by atoms with E-state index < -0.39 is 7.82 Å². The molecule has 0 aliphatic carbocycles. The summed E-state index contributed by atoms with van der Waals surface area (Å²) in [4.78, 5) is 37.2. The van der Waals surface area contributed by atoms with Gasteiger partial charge in [-0.2, -0.15) is 0 Å². The summed E-state index contributed by atoms with van der Waals surface area (Å²) in [6.07, 6.45) is 1.88. The number of pyridine rings is 1. The number of phosphoric acid groups is 1. The van der Waals surface area contributed by atoms with Crippen LogP contribution in [0.4, 0.5) is 0 Å². The first-order chi connectivity index (χ1) is 7.70. The summed E-state index contributed by atoms with van der Waals surface area (Å²) in [6.45, 7) is 1.29. The zero-order valence-electron chi connectivity index (χ0n) is 9.77. The van der Waals surface area contributed by atoms with Crippen molar-refractivity contribution in [2.24, 2.45) is 0 Å². The molecule has 0 amide bonds. The molecule has 1 rings (SSSR count). The zero-order chi connectivity index (χ0) is 13.6. The maximum Gasteiger partial charge on any atom is 1.00 e. The molecule has 1 aromatic heterocycles. The van der Waals surface area contributed by atoms with E-state index in [-0.39, 0.29) is 47.5 Å². The molecule has 0 atom stereocenters. The van der Waals surface area contributed by atoms with Crippen LogP contribution in [-0.4, -0.2) is 31.3 Å². The smallest absolute Gasteiger partial charge is 0.756 e. The van der Waals surface area contributed by atoms with Crippen LogP contribution in [0, 0.1) is 6.92 Å². The van der Waals surface area contributed by atoms with E-state index in [9.17, 15) is 9.90 Å². The average Bonchev–Trinajstić information content (AvgIpc) is 2.19. The Hall–Kier alpha value is -0.310. The Bertz CT molecular complexity index is 439. The first-order valence-electron chi connectivity index (χ1n) is 4.20. The number of nitrogens with zero attached hydrogens (tertiary/aromatic N) is 1. The molecule has 0 unspecified atom stereocenters. The van der Waals surface area contributed by atoms with Gasteiger partial charge < -0.3 is 24.9 Å². The third-order valence-corrected chi connectivity index (χ3v) is 1.65. The number of aliphatic hydroxyl groups is 1. The number of rotatable bonds is 2. The Morgan fingerprint density at radius 2 is 1.94 bits per heavy atom. The quantitative estimate of drug-likeness (QED) is 0.243. The number of aldehydes is 1. The Morgan fingerprint density at radius 1 is 1.50 bits per heavy atom. The maximum atomic E-state index is 10.5. The molecule has 96 valence electrons. The fourth-order valence-electron chi connectivity index (χ4n) is 0.910. The zero-order valence-corrected chi connectivity index (χ0v) is 12.7. The molecule has 0 aromatic carbocycles. The molecule has 1 aromatic rings. The van der Waals surface area contributed by atoms with Gasteiger partial charge in [0, 0.05) is 11.8 Å². The molecule has 0 aliphatic heterocycles. The van der Waals surface area contributed by atoms with E-state index in [1.54, 1.807) is 6.92 Å². The summed E-state index contributed by atoms with van der Waals surface area (Å²) in [5.74, 6) is -0.156. The van der Waals surface area contributed by atoms with Gasteiger partial charge in [-0.15, -0.1) is 0 Å². The summed E-state index contributed by atoms with van der Waals surface area (Å²) in [6, 6.07) is 0. The van der Waals surface area contributed by atoms with Crippen molar-refractivity contribution >= 4 is 14.1 Å². The Labute approximate surface area is 125 Å². The number of hydrogen-bond acceptors (Lipinski definition) is 6. The molecule has 4 N–H and O–H groups in total. The van der Waals surface area contributed by atoms with Crippen molar-refractivity contribution < 1.29 is 63.8 Å². The van der Waals surface area contributed by atoms with Crippen LogP contribution in [0.25, 0.3) is 0 Å². The Balaban J connectivity index is 0. The van der Waals surface area contributed by atoms with Gasteiger partial charge in [0.05, 0.1) is 17.9 Å². The summed E-state index contributed by atoms with van der Waals surface area (Å²) < 4.78 is 8.77. The van der Waals surface area contributed by atoms with Crippen LogP contribution in [0.2, 0.25) is 0 Å². The minimum absolute atomic E-state index is 0. The molecule has 0 fully saturated rings. The van der Waals surface area contributed by atoms with Crippen LogP contribution in [0.5, 0.6) is 5.75 Å². The summed E-state index contributed by atoms with van der Waals surface area (Å²) >= 11 is 0. The fourth-order valence-corrected chi connectivity index (χ4v) is 0.910. The molecule has 0 aliphatic rings. The van der Waals surface area contributed by atoms with Gasteiger partial charge in [-0.1, -0.05) is 0 Å². The maximum absolute atomic E-state index is 10.5. The standard InChI is InChI=1S/C8H9NO3.Na.H3O4P/c1-5-8(12)7(4-11)6(3-10)2-9-5;;1-5(2,3)4/h2,4,10,12H,3H2,1H3;;(H3,1,2,3,4)/q;+1;/p-1. The third-order valence-electron chi connectivity index (χ3n) is 1.65. The van der Waals surface area contributed by atoms with Crippen LogP contribution in [0.15, 0.2) is 6.20 Å². The van der Waals surface area contributed by atoms with Crippen LogP contribution in [-0.2, 0) is 11.2 Å². The van der Waals surface area contributed by atoms with E-state index >= 15 is 0 Å². The summed E-state index contributed by atoms with van der Waals surface area (Å²) in [7, 11) is -4.89. The van der Waals surface area contributed by atoms with Crippen molar-refractivity contribution in [2.45, 2.75) is 13.5 Å². The van der Waals surface area contributed by atoms with Crippen LogP contribution in [0.1, 0.15) is 21.6 Å². The van der Waals surface area contributed by atoms with Crippen molar-refractivity contribution in [1.82, 2.24) is 4.98 Å². The van der Waals surface area contributed by atoms with Crippen LogP contribution < -0.4 is 34.5 Å². The number of carbonyl (C=O) groups is 1. The van der Waals surface area contributed by atoms with Gasteiger partial charge in [0.1, 0.15) is 5.75 Å². The van der Waals surface area contributed by atoms with Crippen molar-refractivity contribution in [3.8, 4) is 5.75 Å². The molecule has 1 heterocycles. The van der Waals surface area contributed by atoms with Gasteiger partial charge >= 0.3 is 29.6 Å². The fraction of sp³-hybridized carbons (Fsp3) is 0.250. The van der Waals surface area contributed by atoms with Gasteiger partial charge in [-0.3, -0.25) is 14.3 Å². The predicted molar refractivity (Wildman–Crippen MR) is 54.0 cm³/mol. The molecule has 0 saturated heterocycles. The molecular formula is C8H11NNaO7P. The number of aliphatic hydroxyl groups excluding tert-OH is 1. The first kappa shape index (κ1) is 20.0. The molecule has 8 nitrogen and oxygen atoms in total. The van der Waals surface area contributed by atoms with E-state index in [2.05, 4.69) is 4.98 Å². The Kier molecular flexibility index (Phi) is 9.71. The van der Waals surface area contributed by atoms with Crippen molar-refractivity contribution in [3.05, 3.63) is 23.0 Å². The largest absolute Gasteiger partial charge is 1.00 e. The van der Waals surface area contributed by atoms with Crippen LogP contribution >= 0.6 is 7.82 Å². The molecule has 0 bridgehead atoms. The van der Waals surface area contributed by atoms with E-state index in [4.69, 9.17) is 24.4 Å². The van der Waals surface area contributed by atoms with E-state index in [0.717, 1.165) is 0 Å². The van der Waals surface area contributed by atoms with E-state index in [0.29, 0.717) is 17.5 Å². The normalized spacial score (nSPS) is 9.83. The Morgan fingerprint density at radius 3 is 2.28 bits per heavy atom. The molecule has 0 spiro atoms. The predicted octanol–water partition coefficient (Wildman–Crippen LogP) is -4.16. The number of aryl methyl sites for hydroxylation is 1. The SMILES string of the molecule is Cc1ncc(CO)c(C=O)c1O.O=P([O-])(O)O.[Na+]. The minimum atomic E-state index is -4.89. The van der Waals surface area contributed by atoms with Gasteiger partial charge in [0.2, 0.25) is 0 Å². The molecular weight excluding hydrogens is 276 g/mol. The van der Waals surface area contributed by atoms with Crippen molar-refractivity contribution in [1.29, 1.82) is 0 Å². The van der Waals surface area contributed by atoms with E-state index in [1.165, 1.54) is 6.20 Å². The van der Waals surface area contributed by atoms with Gasteiger partial charge in [0.25, 0.3) is 7.82 Å². The monoisotopic (exact) mass is 287 g/mol. The van der Waals surface area contributed by atoms with Gasteiger partial charge in [-0.05, 0) is 6.92 Å². The van der Waals surface area contributed by atoms with Gasteiger partial charge in [-0.25, -0.2) is 0 Å². The molecule has 10 heteroatoms. The third kappa shape index (κ3) is 7.91. The minimum Gasteiger partial charge on any atom is -0.756 e. The average molecular weight is 287 g/mol. The number of aromatic hydroxyl groups is 1. The van der Waals surface area contributed by atoms with E-state index in [1.807, 2.05) is 0 Å². The second kappa shape index (κ2) is 8.73. The molecule has 0 radical (unpaired) electrons. The summed E-state index contributed by atoms with van der Waals surface area (Å²) in [5.41, 5.74) is 0.840.